The van der Waals surface area contributed by atoms with Gasteiger partial charge in [-0.3, -0.25) is 33.8 Å². The van der Waals surface area contributed by atoms with Gasteiger partial charge in [-0.1, -0.05) is 20.8 Å². The van der Waals surface area contributed by atoms with Crippen LogP contribution in [-0.4, -0.2) is 283 Å². The molecule has 0 saturated carbocycles. The molecule has 0 aromatic carbocycles. The van der Waals surface area contributed by atoms with Gasteiger partial charge >= 0.3 is 5.97 Å². The zero-order chi connectivity index (χ0) is 64.3. The maximum Gasteiger partial charge on any atom is 0.319 e. The number of Topliss-reactive ketones (excluding diaryl/α,β-unsaturated/α-hetero) is 2. The molecule has 6 aliphatic heterocycles. The zero-order valence-corrected chi connectivity index (χ0v) is 56.6. The zero-order valence-electron chi connectivity index (χ0n) is 56.6. The lowest BCUT2D eigenvalue weighted by Gasteiger charge is -2.48. The van der Waals surface area contributed by atoms with Crippen molar-refractivity contribution < 1.29 is 67.3 Å². The monoisotopic (exact) mass is 1220 g/mol. The number of rotatable bonds is 14. The van der Waals surface area contributed by atoms with Crippen LogP contribution in [0.4, 0.5) is 0 Å². The number of carbonyl (C=O) groups excluding carboxylic acids is 5. The molecule has 6 aliphatic rings. The maximum atomic E-state index is 16.6. The van der Waals surface area contributed by atoms with E-state index in [1.165, 1.54) is 0 Å². The first-order valence-corrected chi connectivity index (χ1v) is 32.1. The number of likely N-dealkylation sites (tertiary alicyclic amines) is 1. The van der Waals surface area contributed by atoms with Crippen molar-refractivity contribution in [3.05, 3.63) is 0 Å². The van der Waals surface area contributed by atoms with Crippen LogP contribution < -0.4 is 10.6 Å². The lowest BCUT2D eigenvalue weighted by molar-refractivity contribution is -0.296. The van der Waals surface area contributed by atoms with E-state index in [9.17, 15) is 19.8 Å². The van der Waals surface area contributed by atoms with Crippen molar-refractivity contribution >= 4 is 29.4 Å². The van der Waals surface area contributed by atoms with Gasteiger partial charge in [-0.2, -0.15) is 0 Å². The first-order chi connectivity index (χ1) is 40.0. The summed E-state index contributed by atoms with van der Waals surface area (Å²) in [5, 5.41) is 30.9. The minimum atomic E-state index is -1.91. The van der Waals surface area contributed by atoms with Crippen LogP contribution in [0.2, 0.25) is 0 Å². The average Bonchev–Trinajstić information content (AvgIpc) is 1.71. The molecular formula is C64H116N8O14. The highest BCUT2D eigenvalue weighted by Gasteiger charge is 2.57. The Bertz CT molecular complexity index is 2270. The average molecular weight is 1220 g/mol. The van der Waals surface area contributed by atoms with Crippen molar-refractivity contribution in [1.29, 1.82) is 0 Å². The standard InChI is InChI=1S/C64H116N8O14/c1-37-27-63(10,80-20)55(86-58-51(74)47(69(16)17)26-39(3)84-58)41(5)53(76)62(9,60(79)82-36-49(70(18)32-37)45-34-72(35-45)56(77)42(6)67(12)13)28-43-29-64(11,81-21)54(85-57-50(73)46(68(14)15)25-38(2)83-57)40(4)52(75)61(7,8)59(78)66-31-48(71(19)33-43)44-23-22-24-65-30-44/h37-51,54-55,57-58,65,73-74H,22-36H2,1-21H3,(H,66,78)/t37-,38-,39-,40+,41+,42-,43-,44-,46+,47+,48-,49-,50-,51-,54-,55-,57+,58+,62+,63-,64-/m1/s1. The highest BCUT2D eigenvalue weighted by Crippen LogP contribution is 2.45. The molecule has 86 heavy (non-hydrogen) atoms. The molecule has 0 aromatic rings. The molecule has 0 bridgehead atoms. The summed E-state index contributed by atoms with van der Waals surface area (Å²) in [7, 11) is 18.5. The van der Waals surface area contributed by atoms with E-state index in [0.29, 0.717) is 52.0 Å². The topological polar surface area (TPSA) is 234 Å². The third kappa shape index (κ3) is 16.1. The summed E-state index contributed by atoms with van der Waals surface area (Å²) >= 11 is 0. The second-order valence-corrected chi connectivity index (χ2v) is 29.2. The summed E-state index contributed by atoms with van der Waals surface area (Å²) in [6.07, 6.45) is -4.12. The summed E-state index contributed by atoms with van der Waals surface area (Å²) < 4.78 is 47.0. The van der Waals surface area contributed by atoms with Gasteiger partial charge in [0.15, 0.2) is 24.1 Å². The minimum Gasteiger partial charge on any atom is -0.463 e. The van der Waals surface area contributed by atoms with Gasteiger partial charge in [-0.15, -0.1) is 0 Å². The van der Waals surface area contributed by atoms with Gasteiger partial charge in [0.25, 0.3) is 0 Å². The Balaban J connectivity index is 1.53. The minimum absolute atomic E-state index is 0.0197. The van der Waals surface area contributed by atoms with Gasteiger partial charge in [0.1, 0.15) is 29.6 Å². The number of ketones is 2. The van der Waals surface area contributed by atoms with E-state index in [-0.39, 0.29) is 92.1 Å². The van der Waals surface area contributed by atoms with Gasteiger partial charge in [0, 0.05) is 88.9 Å². The van der Waals surface area contributed by atoms with Crippen LogP contribution in [0.3, 0.4) is 0 Å². The highest BCUT2D eigenvalue weighted by molar-refractivity contribution is 6.06. The first-order valence-electron chi connectivity index (χ1n) is 32.1. The van der Waals surface area contributed by atoms with Crippen molar-refractivity contribution in [3.63, 3.8) is 0 Å². The summed E-state index contributed by atoms with van der Waals surface area (Å²) in [6, 6.07) is -1.58. The molecule has 4 N–H and O–H groups in total. The number of carbonyl (C=O) groups is 5. The quantitative estimate of drug-likeness (QED) is 0.145. The fraction of sp³-hybridized carbons (Fsp3) is 0.922. The predicted octanol–water partition coefficient (Wildman–Crippen LogP) is 2.98. The Morgan fingerprint density at radius 2 is 1.22 bits per heavy atom. The molecule has 2 amide bonds. The number of aliphatic hydroxyl groups is 2. The summed E-state index contributed by atoms with van der Waals surface area (Å²) in [5.41, 5.74) is -6.04. The summed E-state index contributed by atoms with van der Waals surface area (Å²) in [4.78, 5) is 88.2. The molecule has 22 nitrogen and oxygen atoms in total. The molecule has 21 atom stereocenters. The number of hydrogen-bond donors (Lipinski definition) is 4. The molecule has 6 heterocycles. The third-order valence-electron chi connectivity index (χ3n) is 21.2. The van der Waals surface area contributed by atoms with Crippen LogP contribution in [-0.2, 0) is 57.1 Å². The van der Waals surface area contributed by atoms with Crippen LogP contribution in [0.1, 0.15) is 121 Å². The Morgan fingerprint density at radius 1 is 0.709 bits per heavy atom. The molecule has 0 radical (unpaired) electrons. The van der Waals surface area contributed by atoms with Crippen molar-refractivity contribution in [2.45, 2.75) is 212 Å². The number of hydrogen-bond acceptors (Lipinski definition) is 20. The van der Waals surface area contributed by atoms with E-state index < -0.39 is 100 Å². The van der Waals surface area contributed by atoms with Crippen molar-refractivity contribution in [2.75, 3.05) is 123 Å². The third-order valence-corrected chi connectivity index (χ3v) is 21.2. The summed E-state index contributed by atoms with van der Waals surface area (Å²) in [5.74, 6) is -4.72. The molecule has 6 saturated heterocycles. The van der Waals surface area contributed by atoms with Gasteiger partial charge in [-0.05, 0) is 188 Å². The molecule has 0 spiro atoms. The number of ether oxygens (including phenoxy) is 7. The first kappa shape index (κ1) is 72.3. The number of piperidine rings is 1. The van der Waals surface area contributed by atoms with Crippen LogP contribution in [0.5, 0.6) is 0 Å². The molecule has 496 valence electrons. The smallest absolute Gasteiger partial charge is 0.319 e. The number of methoxy groups -OCH3 is 2. The number of nitrogens with zero attached hydrogens (tertiary/aromatic N) is 6. The van der Waals surface area contributed by atoms with Gasteiger partial charge in [0.2, 0.25) is 11.8 Å². The van der Waals surface area contributed by atoms with Crippen LogP contribution in [0.25, 0.3) is 0 Å². The Kier molecular flexibility index (Phi) is 24.9. The van der Waals surface area contributed by atoms with Crippen LogP contribution in [0.15, 0.2) is 0 Å². The highest BCUT2D eigenvalue weighted by atomic mass is 16.7. The normalized spacial score (nSPS) is 41.7. The van der Waals surface area contributed by atoms with Crippen LogP contribution >= 0.6 is 0 Å². The van der Waals surface area contributed by atoms with Gasteiger partial charge in [0.05, 0.1) is 41.7 Å². The van der Waals surface area contributed by atoms with E-state index in [4.69, 9.17) is 33.2 Å². The van der Waals surface area contributed by atoms with Crippen LogP contribution in [0, 0.1) is 46.3 Å². The molecule has 0 unspecified atom stereocenters. The van der Waals surface area contributed by atoms with Gasteiger partial charge < -0.3 is 73.6 Å². The van der Waals surface area contributed by atoms with E-state index >= 15 is 14.4 Å². The number of aliphatic hydroxyl groups excluding tert-OH is 2. The molecule has 0 aromatic heterocycles. The second-order valence-electron chi connectivity index (χ2n) is 29.2. The number of amides is 2. The summed E-state index contributed by atoms with van der Waals surface area (Å²) in [6.45, 7) is 23.6. The predicted molar refractivity (Wildman–Crippen MR) is 328 cm³/mol. The lowest BCUT2D eigenvalue weighted by atomic mass is 9.67. The fourth-order valence-corrected chi connectivity index (χ4v) is 15.5. The number of cyclic esters (lactones) is 1. The number of likely N-dealkylation sites (N-methyl/N-ethyl adjacent to an activating group) is 5. The van der Waals surface area contributed by atoms with Crippen molar-refractivity contribution in [2.24, 2.45) is 46.3 Å². The Hall–Kier alpha value is -2.81. The van der Waals surface area contributed by atoms with E-state index in [1.54, 1.807) is 48.8 Å². The lowest BCUT2D eigenvalue weighted by Crippen LogP contribution is -2.62. The number of nitrogens with one attached hydrogen (secondary N) is 2. The molecule has 22 heteroatoms. The molecular weight excluding hydrogens is 1100 g/mol. The molecule has 6 rings (SSSR count). The second kappa shape index (κ2) is 29.6. The largest absolute Gasteiger partial charge is 0.463 e. The SMILES string of the molecule is CO[C@]1(C)C[C@@H](C[C@]2(C)C(=O)OC[C@H](C3CN(C(=O)[C@@H](C)N(C)C)C3)N(C)C[C@H](C)C[C@@](C)(OC)[C@H](O[C@@H]3O[C@H](C)C[C@H](N(C)C)[C@H]3O)[C@@H](C)C2=O)CN(C)[C@@H]([C@@H]2CCCNC2)CNC(=O)C(C)(C)C(=O)[C@H](C)[C@H]1O[C@@H]1O[C@H](C)C[C@H](N(C)C)[C@H]1O. The van der Waals surface area contributed by atoms with E-state index in [2.05, 4.69) is 27.4 Å². The maximum absolute atomic E-state index is 16.6. The van der Waals surface area contributed by atoms with Crippen molar-refractivity contribution in [1.82, 2.24) is 40.0 Å². The molecule has 0 aliphatic carbocycles. The molecule has 6 fully saturated rings. The van der Waals surface area contributed by atoms with Crippen molar-refractivity contribution in [3.8, 4) is 0 Å². The Labute approximate surface area is 516 Å². The number of esters is 1. The van der Waals surface area contributed by atoms with E-state index in [1.807, 2.05) is 111 Å². The fourth-order valence-electron chi connectivity index (χ4n) is 15.5. The van der Waals surface area contributed by atoms with Gasteiger partial charge in [-0.25, -0.2) is 0 Å². The van der Waals surface area contributed by atoms with E-state index in [0.717, 1.165) is 19.4 Å². The Morgan fingerprint density at radius 3 is 1.71 bits per heavy atom.